The first kappa shape index (κ1) is 7.82. The average molecular weight is 167 g/mol. The van der Waals surface area contributed by atoms with E-state index in [-0.39, 0.29) is 0 Å². The van der Waals surface area contributed by atoms with Crippen LogP contribution in [0.2, 0.25) is 0 Å². The standard InChI is InChI=1S/C6H5N3OS/c1-11-5-4(2-7)3-8-6(10)9-5/h3H,1H3,(H,8,9,10). The second-order valence-electron chi connectivity index (χ2n) is 1.75. The van der Waals surface area contributed by atoms with Gasteiger partial charge in [0.1, 0.15) is 11.6 Å². The molecule has 0 spiro atoms. The number of nitriles is 1. The van der Waals surface area contributed by atoms with Crippen molar-refractivity contribution < 1.29 is 0 Å². The SMILES string of the molecule is CSc1[nH]c(=O)ncc1C#N. The highest BCUT2D eigenvalue weighted by Crippen LogP contribution is 2.12. The summed E-state index contributed by atoms with van der Waals surface area (Å²) < 4.78 is 0. The lowest BCUT2D eigenvalue weighted by atomic mass is 10.4. The Labute approximate surface area is 67.3 Å². The average Bonchev–Trinajstić information content (AvgIpc) is 2.04. The summed E-state index contributed by atoms with van der Waals surface area (Å²) in [6.07, 6.45) is 3.05. The first-order chi connectivity index (χ1) is 5.27. The minimum atomic E-state index is -0.423. The van der Waals surface area contributed by atoms with E-state index in [4.69, 9.17) is 5.26 Å². The summed E-state index contributed by atoms with van der Waals surface area (Å²) in [5, 5.41) is 9.08. The quantitative estimate of drug-likeness (QED) is 0.484. The van der Waals surface area contributed by atoms with Crippen LogP contribution >= 0.6 is 11.8 Å². The number of hydrogen-bond acceptors (Lipinski definition) is 4. The molecule has 0 unspecified atom stereocenters. The van der Waals surface area contributed by atoms with Gasteiger partial charge in [-0.3, -0.25) is 4.98 Å². The Morgan fingerprint density at radius 3 is 3.09 bits per heavy atom. The van der Waals surface area contributed by atoms with E-state index in [1.54, 1.807) is 6.26 Å². The summed E-state index contributed by atoms with van der Waals surface area (Å²) in [5.41, 5.74) is -0.0227. The summed E-state index contributed by atoms with van der Waals surface area (Å²) in [6, 6.07) is 1.92. The Kier molecular flexibility index (Phi) is 2.28. The molecule has 4 nitrogen and oxygen atoms in total. The van der Waals surface area contributed by atoms with Crippen molar-refractivity contribution in [2.45, 2.75) is 5.03 Å². The zero-order valence-electron chi connectivity index (χ0n) is 5.79. The third kappa shape index (κ3) is 1.59. The van der Waals surface area contributed by atoms with Gasteiger partial charge >= 0.3 is 5.69 Å². The zero-order valence-corrected chi connectivity index (χ0v) is 6.60. The van der Waals surface area contributed by atoms with Crippen LogP contribution in [0, 0.1) is 11.3 Å². The largest absolute Gasteiger partial charge is 0.345 e. The lowest BCUT2D eigenvalue weighted by molar-refractivity contribution is 0.967. The van der Waals surface area contributed by atoms with Crippen LogP contribution in [0.4, 0.5) is 0 Å². The molecule has 11 heavy (non-hydrogen) atoms. The fraction of sp³-hybridized carbons (Fsp3) is 0.167. The van der Waals surface area contributed by atoms with Crippen molar-refractivity contribution in [1.82, 2.24) is 9.97 Å². The summed E-state index contributed by atoms with van der Waals surface area (Å²) in [7, 11) is 0. The molecule has 1 aromatic heterocycles. The van der Waals surface area contributed by atoms with Gasteiger partial charge in [-0.2, -0.15) is 5.26 Å². The Morgan fingerprint density at radius 2 is 2.55 bits per heavy atom. The Balaban J connectivity index is 3.30. The Morgan fingerprint density at radius 1 is 1.82 bits per heavy atom. The van der Waals surface area contributed by atoms with Crippen LogP contribution in [0.3, 0.4) is 0 Å². The van der Waals surface area contributed by atoms with Crippen molar-refractivity contribution in [3.63, 3.8) is 0 Å². The molecule has 0 aliphatic rings. The normalized spacial score (nSPS) is 9.09. The van der Waals surface area contributed by atoms with Crippen molar-refractivity contribution in [3.05, 3.63) is 22.2 Å². The van der Waals surface area contributed by atoms with Crippen LogP contribution < -0.4 is 5.69 Å². The topological polar surface area (TPSA) is 69.5 Å². The van der Waals surface area contributed by atoms with Crippen LogP contribution in [-0.2, 0) is 0 Å². The molecule has 1 rings (SSSR count). The number of rotatable bonds is 1. The van der Waals surface area contributed by atoms with Crippen LogP contribution in [-0.4, -0.2) is 16.2 Å². The number of nitrogens with one attached hydrogen (secondary N) is 1. The molecule has 56 valence electrons. The van der Waals surface area contributed by atoms with Crippen molar-refractivity contribution in [1.29, 1.82) is 5.26 Å². The summed E-state index contributed by atoms with van der Waals surface area (Å²) >= 11 is 1.32. The molecule has 0 atom stereocenters. The van der Waals surface area contributed by atoms with Gasteiger partial charge in [-0.15, -0.1) is 11.8 Å². The van der Waals surface area contributed by atoms with Gasteiger partial charge in [0, 0.05) is 0 Å². The van der Waals surface area contributed by atoms with Gasteiger partial charge in [-0.25, -0.2) is 9.78 Å². The maximum Gasteiger partial charge on any atom is 0.345 e. The molecule has 0 amide bonds. The molecule has 0 saturated heterocycles. The predicted molar refractivity (Wildman–Crippen MR) is 41.4 cm³/mol. The molecular formula is C6H5N3OS. The number of H-pyrrole nitrogens is 1. The molecule has 1 aromatic rings. The van der Waals surface area contributed by atoms with Gasteiger partial charge in [0.15, 0.2) is 0 Å². The second kappa shape index (κ2) is 3.21. The molecular weight excluding hydrogens is 162 g/mol. The number of aromatic amines is 1. The summed E-state index contributed by atoms with van der Waals surface area (Å²) in [4.78, 5) is 16.5. The fourth-order valence-electron chi connectivity index (χ4n) is 0.619. The first-order valence-electron chi connectivity index (χ1n) is 2.81. The van der Waals surface area contributed by atoms with E-state index in [0.29, 0.717) is 10.6 Å². The lowest BCUT2D eigenvalue weighted by Gasteiger charge is -1.95. The third-order valence-electron chi connectivity index (χ3n) is 1.10. The van der Waals surface area contributed by atoms with E-state index in [2.05, 4.69) is 9.97 Å². The van der Waals surface area contributed by atoms with Crippen LogP contribution in [0.1, 0.15) is 5.56 Å². The smallest absolute Gasteiger partial charge is 0.299 e. The number of thioether (sulfide) groups is 1. The highest BCUT2D eigenvalue weighted by molar-refractivity contribution is 7.98. The summed E-state index contributed by atoms with van der Waals surface area (Å²) in [6.45, 7) is 0. The minimum Gasteiger partial charge on any atom is -0.299 e. The van der Waals surface area contributed by atoms with E-state index in [9.17, 15) is 4.79 Å². The van der Waals surface area contributed by atoms with E-state index >= 15 is 0 Å². The molecule has 0 radical (unpaired) electrons. The highest BCUT2D eigenvalue weighted by atomic mass is 32.2. The minimum absolute atomic E-state index is 0.400. The van der Waals surface area contributed by atoms with Crippen molar-refractivity contribution >= 4 is 11.8 Å². The van der Waals surface area contributed by atoms with E-state index in [1.165, 1.54) is 18.0 Å². The molecule has 5 heteroatoms. The fourth-order valence-corrected chi connectivity index (χ4v) is 1.13. The van der Waals surface area contributed by atoms with E-state index < -0.39 is 5.69 Å². The lowest BCUT2D eigenvalue weighted by Crippen LogP contribution is -2.10. The maximum atomic E-state index is 10.6. The molecule has 0 saturated carbocycles. The molecule has 0 aliphatic heterocycles. The first-order valence-corrected chi connectivity index (χ1v) is 4.04. The Bertz CT molecular complexity index is 352. The van der Waals surface area contributed by atoms with Gasteiger partial charge in [0.2, 0.25) is 0 Å². The molecule has 0 aromatic carbocycles. The van der Waals surface area contributed by atoms with Crippen molar-refractivity contribution in [2.24, 2.45) is 0 Å². The predicted octanol–water partition coefficient (Wildman–Crippen LogP) is 0.363. The number of hydrogen-bond donors (Lipinski definition) is 1. The molecule has 1 heterocycles. The van der Waals surface area contributed by atoms with Crippen LogP contribution in [0.5, 0.6) is 0 Å². The van der Waals surface area contributed by atoms with E-state index in [0.717, 1.165) is 0 Å². The monoisotopic (exact) mass is 167 g/mol. The van der Waals surface area contributed by atoms with Crippen LogP contribution in [0.25, 0.3) is 0 Å². The van der Waals surface area contributed by atoms with Crippen LogP contribution in [0.15, 0.2) is 16.0 Å². The molecule has 0 bridgehead atoms. The molecule has 0 fully saturated rings. The van der Waals surface area contributed by atoms with Gasteiger partial charge < -0.3 is 0 Å². The van der Waals surface area contributed by atoms with Crippen molar-refractivity contribution in [3.8, 4) is 6.07 Å². The summed E-state index contributed by atoms with van der Waals surface area (Å²) in [5.74, 6) is 0. The molecule has 1 N–H and O–H groups in total. The van der Waals surface area contributed by atoms with Gasteiger partial charge in [-0.05, 0) is 6.26 Å². The van der Waals surface area contributed by atoms with Crippen molar-refractivity contribution in [2.75, 3.05) is 6.26 Å². The third-order valence-corrected chi connectivity index (χ3v) is 1.83. The van der Waals surface area contributed by atoms with Gasteiger partial charge in [0.05, 0.1) is 11.2 Å². The van der Waals surface area contributed by atoms with E-state index in [1.807, 2.05) is 6.07 Å². The van der Waals surface area contributed by atoms with Gasteiger partial charge in [0.25, 0.3) is 0 Å². The number of nitrogens with zero attached hydrogens (tertiary/aromatic N) is 2. The van der Waals surface area contributed by atoms with Gasteiger partial charge in [-0.1, -0.05) is 0 Å². The Hall–Kier alpha value is -1.28. The zero-order chi connectivity index (χ0) is 8.27. The maximum absolute atomic E-state index is 10.6. The second-order valence-corrected chi connectivity index (χ2v) is 2.56. The number of aromatic nitrogens is 2. The highest BCUT2D eigenvalue weighted by Gasteiger charge is 2.00. The molecule has 0 aliphatic carbocycles.